The van der Waals surface area contributed by atoms with E-state index in [0.29, 0.717) is 36.0 Å². The van der Waals surface area contributed by atoms with Gasteiger partial charge in [-0.15, -0.1) is 0 Å². The number of nitrogens with zero attached hydrogens (tertiary/aromatic N) is 10. The van der Waals surface area contributed by atoms with E-state index < -0.39 is 96.1 Å². The molecule has 0 radical (unpaired) electrons. The summed E-state index contributed by atoms with van der Waals surface area (Å²) >= 11 is 0. The zero-order valence-electron chi connectivity index (χ0n) is 58.2. The molecule has 6 aromatic rings. The Balaban J connectivity index is 1.23. The molecule has 1 aliphatic rings. The van der Waals surface area contributed by atoms with Crippen molar-refractivity contribution >= 4 is 47.5 Å². The minimum Gasteiger partial charge on any atom is -0.481 e. The standard InChI is InChI=1S/C72H94N10O14/c1-43(2)33-57-69(87)93-47(9)65(83)77(11)60(36-46(7)8)72(90)96-62(38-50-19-23-52(24-20-50)42-82-56(30-32-76-82)54-26-28-64(92-16)74-40-54)68(86)80(14)58(34-44(3)4)70(88)94-48(10)66(84)78(12)59(35-45(5)6)71(89)95-61(67(85)79(57)13)37-49-17-21-51(22-18-49)41-81-55(29-31-75-81)53-25-27-63(91-15)73-39-53/h17-32,39-40,43-48,57-62H,33-38,41-42H2,1-16H3/t47-,48-,57+,58+,59+,60+,61-,62-/m1/s1. The molecule has 4 amide bonds. The Morgan fingerprint density at radius 3 is 0.969 bits per heavy atom. The molecule has 0 saturated carbocycles. The maximum Gasteiger partial charge on any atom is 0.329 e. The van der Waals surface area contributed by atoms with Gasteiger partial charge >= 0.3 is 23.9 Å². The van der Waals surface area contributed by atoms with E-state index in [2.05, 4.69) is 20.2 Å². The van der Waals surface area contributed by atoms with Gasteiger partial charge < -0.3 is 48.0 Å². The smallest absolute Gasteiger partial charge is 0.329 e. The van der Waals surface area contributed by atoms with E-state index in [0.717, 1.165) is 53.2 Å². The lowest BCUT2D eigenvalue weighted by Crippen LogP contribution is -2.55. The number of esters is 4. The van der Waals surface area contributed by atoms with Crippen LogP contribution >= 0.6 is 0 Å². The first-order valence-electron chi connectivity index (χ1n) is 32.7. The van der Waals surface area contributed by atoms with Crippen LogP contribution in [-0.2, 0) is 83.2 Å². The van der Waals surface area contributed by atoms with Gasteiger partial charge in [-0.1, -0.05) is 104 Å². The van der Waals surface area contributed by atoms with Crippen LogP contribution in [0.4, 0.5) is 0 Å². The minimum absolute atomic E-state index is 0.0553. The highest BCUT2D eigenvalue weighted by atomic mass is 16.6. The van der Waals surface area contributed by atoms with E-state index in [-0.39, 0.29) is 62.2 Å². The molecule has 5 heterocycles. The molecule has 24 nitrogen and oxygen atoms in total. The predicted molar refractivity (Wildman–Crippen MR) is 357 cm³/mol. The lowest BCUT2D eigenvalue weighted by atomic mass is 9.99. The quantitative estimate of drug-likeness (QED) is 0.0514. The highest BCUT2D eigenvalue weighted by molar-refractivity contribution is 5.94. The molecular weight excluding hydrogens is 1230 g/mol. The third-order valence-electron chi connectivity index (χ3n) is 16.9. The van der Waals surface area contributed by atoms with Crippen LogP contribution in [0.2, 0.25) is 0 Å². The molecule has 96 heavy (non-hydrogen) atoms. The number of likely N-dealkylation sites (N-methyl/N-ethyl adjacent to an activating group) is 4. The summed E-state index contributed by atoms with van der Waals surface area (Å²) in [6, 6.07) is 20.4. The van der Waals surface area contributed by atoms with Crippen LogP contribution in [-0.4, -0.2) is 188 Å². The Morgan fingerprint density at radius 1 is 0.396 bits per heavy atom. The fourth-order valence-electron chi connectivity index (χ4n) is 11.5. The molecular formula is C72H94N10O14. The SMILES string of the molecule is COc1ccc(-c2ccnn2Cc2ccc(C[C@H]3OC(=O)[C@H](CC(C)C)N(C)C(=O)[C@@H](C)OC(=O)[C@H](CC(C)C)N(C)C(=O)[C@@H](Cc4ccc(Cn5nccc5-c5ccc(OC)nc5)cc4)OC(=O)[C@H](CC(C)C)N(C)C(=O)[C@@H](C)OC(=O)[C@H](CC(C)C)N(C)C3=O)cc2)cn1. The molecule has 0 spiro atoms. The number of methoxy groups -OCH3 is 2. The zero-order chi connectivity index (χ0) is 70.2. The second kappa shape index (κ2) is 33.8. The zero-order valence-corrected chi connectivity index (χ0v) is 58.2. The molecule has 1 fully saturated rings. The van der Waals surface area contributed by atoms with E-state index in [9.17, 15) is 28.8 Å². The molecule has 516 valence electrons. The van der Waals surface area contributed by atoms with Gasteiger partial charge in [0.1, 0.15) is 24.2 Å². The number of ether oxygens (including phenoxy) is 6. The third-order valence-corrected chi connectivity index (χ3v) is 16.9. The number of hydrogen-bond acceptors (Lipinski definition) is 18. The highest BCUT2D eigenvalue weighted by Crippen LogP contribution is 2.28. The Bertz CT molecular complexity index is 3360. The van der Waals surface area contributed by atoms with Crippen molar-refractivity contribution in [3.63, 3.8) is 0 Å². The molecule has 4 aromatic heterocycles. The third kappa shape index (κ3) is 19.4. The highest BCUT2D eigenvalue weighted by Gasteiger charge is 2.43. The van der Waals surface area contributed by atoms with Crippen LogP contribution in [0.25, 0.3) is 22.5 Å². The van der Waals surface area contributed by atoms with Gasteiger partial charge in [0, 0.05) is 89.1 Å². The van der Waals surface area contributed by atoms with Gasteiger partial charge in [0.2, 0.25) is 11.8 Å². The Morgan fingerprint density at radius 2 is 0.688 bits per heavy atom. The van der Waals surface area contributed by atoms with Gasteiger partial charge in [-0.05, 0) is 110 Å². The maximum atomic E-state index is 15.2. The van der Waals surface area contributed by atoms with Gasteiger partial charge in [0.15, 0.2) is 24.4 Å². The lowest BCUT2D eigenvalue weighted by Gasteiger charge is -2.35. The number of amides is 4. The molecule has 8 atom stereocenters. The van der Waals surface area contributed by atoms with Crippen molar-refractivity contribution < 1.29 is 66.8 Å². The fourth-order valence-corrected chi connectivity index (χ4v) is 11.5. The van der Waals surface area contributed by atoms with Crippen molar-refractivity contribution in [1.82, 2.24) is 49.1 Å². The summed E-state index contributed by atoms with van der Waals surface area (Å²) < 4.78 is 38.6. The number of cyclic esters (lactones) is 4. The van der Waals surface area contributed by atoms with E-state index in [1.807, 2.05) is 113 Å². The first kappa shape index (κ1) is 73.9. The molecule has 1 aliphatic heterocycles. The van der Waals surface area contributed by atoms with Crippen LogP contribution in [0.5, 0.6) is 11.8 Å². The van der Waals surface area contributed by atoms with Gasteiger partial charge in [0.25, 0.3) is 23.6 Å². The Labute approximate surface area is 562 Å². The van der Waals surface area contributed by atoms with Gasteiger partial charge in [-0.25, -0.2) is 29.1 Å². The van der Waals surface area contributed by atoms with Crippen LogP contribution < -0.4 is 9.47 Å². The van der Waals surface area contributed by atoms with Crippen molar-refractivity contribution in [2.24, 2.45) is 23.7 Å². The molecule has 0 unspecified atom stereocenters. The number of rotatable bonds is 20. The van der Waals surface area contributed by atoms with Crippen LogP contribution in [0.1, 0.15) is 117 Å². The molecule has 0 N–H and O–H groups in total. The normalized spacial score (nSPS) is 21.2. The summed E-state index contributed by atoms with van der Waals surface area (Å²) in [5.41, 5.74) is 6.14. The topological polar surface area (TPSA) is 266 Å². The van der Waals surface area contributed by atoms with Gasteiger partial charge in [0.05, 0.1) is 38.7 Å². The van der Waals surface area contributed by atoms with Crippen LogP contribution in [0.3, 0.4) is 0 Å². The summed E-state index contributed by atoms with van der Waals surface area (Å²) in [5.74, 6) is -6.80. The summed E-state index contributed by atoms with van der Waals surface area (Å²) in [5, 5.41) is 9.09. The summed E-state index contributed by atoms with van der Waals surface area (Å²) in [4.78, 5) is 132. The average molecular weight is 1320 g/mol. The number of aromatic nitrogens is 6. The molecule has 7 rings (SSSR count). The minimum atomic E-state index is -1.58. The molecule has 2 aromatic carbocycles. The second-order valence-corrected chi connectivity index (χ2v) is 26.4. The fraction of sp³-hybridized carbons (Fsp3) is 0.500. The Kier molecular flexibility index (Phi) is 26.0. The van der Waals surface area contributed by atoms with Crippen molar-refractivity contribution in [2.75, 3.05) is 42.4 Å². The van der Waals surface area contributed by atoms with Crippen LogP contribution in [0.15, 0.2) is 110 Å². The van der Waals surface area contributed by atoms with Crippen LogP contribution in [0, 0.1) is 23.7 Å². The number of carbonyl (C=O) groups excluding carboxylic acids is 8. The number of carbonyl (C=O) groups is 8. The van der Waals surface area contributed by atoms with Crippen molar-refractivity contribution in [3.05, 3.63) is 132 Å². The summed E-state index contributed by atoms with van der Waals surface area (Å²) in [6.07, 6.45) is 0.440. The molecule has 0 bridgehead atoms. The number of pyridine rings is 2. The van der Waals surface area contributed by atoms with Crippen molar-refractivity contribution in [3.8, 4) is 34.3 Å². The summed E-state index contributed by atoms with van der Waals surface area (Å²) in [6.45, 7) is 18.2. The largest absolute Gasteiger partial charge is 0.481 e. The monoisotopic (exact) mass is 1320 g/mol. The van der Waals surface area contributed by atoms with E-state index >= 15 is 9.59 Å². The first-order valence-corrected chi connectivity index (χ1v) is 32.7. The van der Waals surface area contributed by atoms with Gasteiger partial charge in [-0.2, -0.15) is 10.2 Å². The molecule has 1 saturated heterocycles. The van der Waals surface area contributed by atoms with Crippen molar-refractivity contribution in [1.29, 1.82) is 0 Å². The van der Waals surface area contributed by atoms with E-state index in [1.165, 1.54) is 42.0 Å². The average Bonchev–Trinajstić information content (AvgIpc) is 1.15. The molecule has 24 heteroatoms. The van der Waals surface area contributed by atoms with E-state index in [4.69, 9.17) is 28.4 Å². The maximum absolute atomic E-state index is 15.2. The summed E-state index contributed by atoms with van der Waals surface area (Å²) in [7, 11) is 8.63. The van der Waals surface area contributed by atoms with Gasteiger partial charge in [-0.3, -0.25) is 28.5 Å². The second-order valence-electron chi connectivity index (χ2n) is 26.4. The van der Waals surface area contributed by atoms with E-state index in [1.54, 1.807) is 75.4 Å². The Hall–Kier alpha value is -9.48. The van der Waals surface area contributed by atoms with Crippen molar-refractivity contribution in [2.45, 2.75) is 169 Å². The number of hydrogen-bond donors (Lipinski definition) is 0. The predicted octanol–water partition coefficient (Wildman–Crippen LogP) is 8.30. The number of benzene rings is 2. The lowest BCUT2D eigenvalue weighted by molar-refractivity contribution is -0.176. The molecule has 0 aliphatic carbocycles. The first-order chi connectivity index (χ1) is 45.6.